The molecule has 3 N–H and O–H groups in total. The summed E-state index contributed by atoms with van der Waals surface area (Å²) < 4.78 is 5.11. The van der Waals surface area contributed by atoms with E-state index in [1.807, 2.05) is 18.2 Å². The fourth-order valence-electron chi connectivity index (χ4n) is 2.89. The standard InChI is InChI=1S/C17H21N5O2/c1-24-16-14(9-19-17(18)21-16)15(23)20-13-7-8-22(11-13)10-12-5-3-2-4-6-12/h2-6,9,13H,7-8,10-11H2,1H3,(H,20,23)(H2,18,19,21)/t13-/m0/s1. The number of nitrogen functional groups attached to an aromatic ring is 1. The van der Waals surface area contributed by atoms with E-state index in [0.717, 1.165) is 26.1 Å². The Bertz CT molecular complexity index is 707. The maximum absolute atomic E-state index is 12.4. The van der Waals surface area contributed by atoms with Crippen LogP contribution in [0.15, 0.2) is 36.5 Å². The quantitative estimate of drug-likeness (QED) is 0.853. The van der Waals surface area contributed by atoms with E-state index < -0.39 is 0 Å². The first-order valence-electron chi connectivity index (χ1n) is 7.89. The monoisotopic (exact) mass is 327 g/mol. The largest absolute Gasteiger partial charge is 0.480 e. The second-order valence-electron chi connectivity index (χ2n) is 5.83. The van der Waals surface area contributed by atoms with E-state index in [1.54, 1.807) is 0 Å². The van der Waals surface area contributed by atoms with E-state index in [1.165, 1.54) is 18.9 Å². The molecule has 1 amide bonds. The van der Waals surface area contributed by atoms with E-state index >= 15 is 0 Å². The van der Waals surface area contributed by atoms with E-state index in [4.69, 9.17) is 10.5 Å². The number of nitrogens with zero attached hydrogens (tertiary/aromatic N) is 3. The molecule has 0 aliphatic carbocycles. The number of nitrogens with two attached hydrogens (primary N) is 1. The highest BCUT2D eigenvalue weighted by atomic mass is 16.5. The fourth-order valence-corrected chi connectivity index (χ4v) is 2.89. The van der Waals surface area contributed by atoms with Gasteiger partial charge in [-0.2, -0.15) is 4.98 Å². The van der Waals surface area contributed by atoms with Crippen molar-refractivity contribution < 1.29 is 9.53 Å². The number of methoxy groups -OCH3 is 1. The van der Waals surface area contributed by atoms with Crippen molar-refractivity contribution in [2.75, 3.05) is 25.9 Å². The molecule has 2 aromatic rings. The van der Waals surface area contributed by atoms with Crippen LogP contribution in [0.3, 0.4) is 0 Å². The number of carbonyl (C=O) groups is 1. The number of likely N-dealkylation sites (tertiary alicyclic amines) is 1. The van der Waals surface area contributed by atoms with Gasteiger partial charge in [-0.25, -0.2) is 4.98 Å². The number of ether oxygens (including phenoxy) is 1. The Labute approximate surface area is 140 Å². The maximum atomic E-state index is 12.4. The minimum Gasteiger partial charge on any atom is -0.480 e. The Morgan fingerprint density at radius 2 is 2.21 bits per heavy atom. The molecular weight excluding hydrogens is 306 g/mol. The molecule has 1 fully saturated rings. The number of hydrogen-bond acceptors (Lipinski definition) is 6. The van der Waals surface area contributed by atoms with Crippen LogP contribution in [0.2, 0.25) is 0 Å². The van der Waals surface area contributed by atoms with E-state index in [-0.39, 0.29) is 23.8 Å². The first-order chi connectivity index (χ1) is 11.7. The zero-order chi connectivity index (χ0) is 16.9. The molecule has 0 saturated carbocycles. The summed E-state index contributed by atoms with van der Waals surface area (Å²) in [6.07, 6.45) is 2.31. The molecule has 0 bridgehead atoms. The fraction of sp³-hybridized carbons (Fsp3) is 0.353. The van der Waals surface area contributed by atoms with Gasteiger partial charge in [0.1, 0.15) is 5.56 Å². The third kappa shape index (κ3) is 3.80. The van der Waals surface area contributed by atoms with Crippen LogP contribution in [0.5, 0.6) is 5.88 Å². The highest BCUT2D eigenvalue weighted by Gasteiger charge is 2.25. The Morgan fingerprint density at radius 3 is 2.96 bits per heavy atom. The van der Waals surface area contributed by atoms with Gasteiger partial charge in [-0.3, -0.25) is 9.69 Å². The molecule has 2 heterocycles. The second kappa shape index (κ2) is 7.27. The van der Waals surface area contributed by atoms with Crippen molar-refractivity contribution in [3.8, 4) is 5.88 Å². The third-order valence-electron chi connectivity index (χ3n) is 4.07. The minimum atomic E-state index is -0.238. The van der Waals surface area contributed by atoms with Crippen LogP contribution in [0.25, 0.3) is 0 Å². The normalized spacial score (nSPS) is 17.6. The van der Waals surface area contributed by atoms with Gasteiger partial charge >= 0.3 is 0 Å². The lowest BCUT2D eigenvalue weighted by molar-refractivity contribution is 0.0933. The molecule has 0 spiro atoms. The van der Waals surface area contributed by atoms with E-state index in [0.29, 0.717) is 5.56 Å². The van der Waals surface area contributed by atoms with Crippen molar-refractivity contribution in [2.45, 2.75) is 19.0 Å². The Kier molecular flexibility index (Phi) is 4.90. The summed E-state index contributed by atoms with van der Waals surface area (Å²) in [7, 11) is 1.45. The van der Waals surface area contributed by atoms with Crippen molar-refractivity contribution in [1.82, 2.24) is 20.2 Å². The molecular formula is C17H21N5O2. The van der Waals surface area contributed by atoms with Gasteiger partial charge in [0, 0.05) is 31.9 Å². The smallest absolute Gasteiger partial charge is 0.258 e. The summed E-state index contributed by atoms with van der Waals surface area (Å²) in [5.41, 5.74) is 7.09. The molecule has 7 nitrogen and oxygen atoms in total. The van der Waals surface area contributed by atoms with Crippen molar-refractivity contribution in [3.05, 3.63) is 47.7 Å². The van der Waals surface area contributed by atoms with Gasteiger partial charge in [0.15, 0.2) is 0 Å². The molecule has 1 saturated heterocycles. The summed E-state index contributed by atoms with van der Waals surface area (Å²) in [6, 6.07) is 10.4. The number of rotatable bonds is 5. The van der Waals surface area contributed by atoms with Crippen LogP contribution in [0.1, 0.15) is 22.3 Å². The molecule has 1 aromatic heterocycles. The van der Waals surface area contributed by atoms with Gasteiger partial charge in [0.25, 0.3) is 5.91 Å². The molecule has 0 radical (unpaired) electrons. The topological polar surface area (TPSA) is 93.4 Å². The third-order valence-corrected chi connectivity index (χ3v) is 4.07. The minimum absolute atomic E-state index is 0.0818. The van der Waals surface area contributed by atoms with Gasteiger partial charge in [-0.1, -0.05) is 30.3 Å². The number of anilines is 1. The molecule has 3 rings (SSSR count). The Morgan fingerprint density at radius 1 is 1.42 bits per heavy atom. The first kappa shape index (κ1) is 16.2. The van der Waals surface area contributed by atoms with Gasteiger partial charge < -0.3 is 15.8 Å². The SMILES string of the molecule is COc1nc(N)ncc1C(=O)N[C@H]1CCN(Cc2ccccc2)C1. The highest BCUT2D eigenvalue weighted by Crippen LogP contribution is 2.17. The lowest BCUT2D eigenvalue weighted by Crippen LogP contribution is -2.37. The Balaban J connectivity index is 1.58. The summed E-state index contributed by atoms with van der Waals surface area (Å²) in [5, 5.41) is 3.02. The molecule has 126 valence electrons. The van der Waals surface area contributed by atoms with Crippen LogP contribution < -0.4 is 15.8 Å². The van der Waals surface area contributed by atoms with Gasteiger partial charge in [-0.05, 0) is 12.0 Å². The predicted molar refractivity (Wildman–Crippen MR) is 90.6 cm³/mol. The van der Waals surface area contributed by atoms with Crippen molar-refractivity contribution in [3.63, 3.8) is 0 Å². The van der Waals surface area contributed by atoms with Crippen molar-refractivity contribution >= 4 is 11.9 Å². The molecule has 1 atom stereocenters. The molecule has 1 aromatic carbocycles. The van der Waals surface area contributed by atoms with E-state index in [9.17, 15) is 4.79 Å². The van der Waals surface area contributed by atoms with Crippen LogP contribution in [0.4, 0.5) is 5.95 Å². The lowest BCUT2D eigenvalue weighted by atomic mass is 10.2. The van der Waals surface area contributed by atoms with Gasteiger partial charge in [0.2, 0.25) is 11.8 Å². The van der Waals surface area contributed by atoms with Gasteiger partial charge in [-0.15, -0.1) is 0 Å². The Hall–Kier alpha value is -2.67. The van der Waals surface area contributed by atoms with Crippen LogP contribution in [-0.4, -0.2) is 47.0 Å². The van der Waals surface area contributed by atoms with Crippen LogP contribution in [-0.2, 0) is 6.54 Å². The zero-order valence-electron chi connectivity index (χ0n) is 13.6. The summed E-state index contributed by atoms with van der Waals surface area (Å²) in [4.78, 5) is 22.6. The average Bonchev–Trinajstić information content (AvgIpc) is 3.02. The van der Waals surface area contributed by atoms with Crippen LogP contribution >= 0.6 is 0 Å². The first-order valence-corrected chi connectivity index (χ1v) is 7.89. The van der Waals surface area contributed by atoms with Crippen molar-refractivity contribution in [2.24, 2.45) is 0 Å². The number of hydrogen-bond donors (Lipinski definition) is 2. The number of carbonyl (C=O) groups excluding carboxylic acids is 1. The number of benzene rings is 1. The average molecular weight is 327 g/mol. The molecule has 1 aliphatic heterocycles. The zero-order valence-corrected chi connectivity index (χ0v) is 13.6. The second-order valence-corrected chi connectivity index (χ2v) is 5.83. The summed E-state index contributed by atoms with van der Waals surface area (Å²) >= 11 is 0. The van der Waals surface area contributed by atoms with Crippen LogP contribution in [0, 0.1) is 0 Å². The van der Waals surface area contributed by atoms with Crippen molar-refractivity contribution in [1.29, 1.82) is 0 Å². The summed E-state index contributed by atoms with van der Waals surface area (Å²) in [6.45, 7) is 2.66. The predicted octanol–water partition coefficient (Wildman–Crippen LogP) is 1.07. The summed E-state index contributed by atoms with van der Waals surface area (Å²) in [5.74, 6) is 0.0378. The number of aromatic nitrogens is 2. The molecule has 7 heteroatoms. The van der Waals surface area contributed by atoms with Gasteiger partial charge in [0.05, 0.1) is 7.11 Å². The lowest BCUT2D eigenvalue weighted by Gasteiger charge is -2.17. The molecule has 0 unspecified atom stereocenters. The molecule has 1 aliphatic rings. The van der Waals surface area contributed by atoms with E-state index in [2.05, 4.69) is 32.3 Å². The molecule has 24 heavy (non-hydrogen) atoms. The highest BCUT2D eigenvalue weighted by molar-refractivity contribution is 5.96. The maximum Gasteiger partial charge on any atom is 0.258 e. The number of nitrogens with one attached hydrogen (secondary N) is 1. The number of amides is 1.